The van der Waals surface area contributed by atoms with Crippen LogP contribution >= 0.6 is 23.5 Å². The zero-order chi connectivity index (χ0) is 51.1. The van der Waals surface area contributed by atoms with Crippen LogP contribution in [0.1, 0.15) is 158 Å². The highest BCUT2D eigenvalue weighted by Gasteiger charge is 2.47. The van der Waals surface area contributed by atoms with Crippen molar-refractivity contribution in [2.45, 2.75) is 199 Å². The van der Waals surface area contributed by atoms with Crippen molar-refractivity contribution in [1.29, 1.82) is 0 Å². The summed E-state index contributed by atoms with van der Waals surface area (Å²) < 4.78 is 28.7. The molecule has 0 aromatic heterocycles. The monoisotopic (exact) mass is 1020 g/mol. The molecule has 0 aromatic carbocycles. The summed E-state index contributed by atoms with van der Waals surface area (Å²) in [5.74, 6) is -0.409. The van der Waals surface area contributed by atoms with Gasteiger partial charge >= 0.3 is 17.9 Å². The van der Waals surface area contributed by atoms with Crippen molar-refractivity contribution in [3.63, 3.8) is 0 Å². The maximum atomic E-state index is 12.9. The van der Waals surface area contributed by atoms with Gasteiger partial charge in [0.1, 0.15) is 41.8 Å². The Morgan fingerprint density at radius 2 is 1.09 bits per heavy atom. The molecule has 4 N–H and O–H groups in total. The molecular formula is C49H85N5O13S2. The van der Waals surface area contributed by atoms with E-state index in [4.69, 9.17) is 23.7 Å². The number of amides is 5. The van der Waals surface area contributed by atoms with Crippen molar-refractivity contribution < 1.29 is 62.0 Å². The first-order valence-electron chi connectivity index (χ1n) is 25.3. The van der Waals surface area contributed by atoms with Crippen LogP contribution in [0, 0.1) is 11.8 Å². The Bertz CT molecular complexity index is 1590. The maximum Gasteiger partial charge on any atom is 0.302 e. The summed E-state index contributed by atoms with van der Waals surface area (Å²) >= 11 is 3.12. The molecule has 396 valence electrons. The highest BCUT2D eigenvalue weighted by atomic mass is 32.2. The molecule has 9 atom stereocenters. The van der Waals surface area contributed by atoms with Crippen LogP contribution in [0.5, 0.6) is 0 Å². The molecule has 2 aliphatic heterocycles. The molecule has 0 spiro atoms. The van der Waals surface area contributed by atoms with E-state index in [1.54, 1.807) is 11.8 Å². The minimum absolute atomic E-state index is 0.0106. The molecule has 2 aliphatic rings. The molecule has 0 bridgehead atoms. The highest BCUT2D eigenvalue weighted by Crippen LogP contribution is 2.35. The van der Waals surface area contributed by atoms with Gasteiger partial charge in [-0.25, -0.2) is 0 Å². The standard InChI is InChI=1S/C49H85N5O13S2/c1-9-22-43(62)54(27-18-10-14-23-41(60)50-25-16-12-20-29-68-48-44(52-35(4)55)46(65-38(7)58)33(2)31-64-48)28-19-11-15-24-42(61)51-26-17-13-21-30-69-49-45(53-36(5)56)47(66-39(8)59)34(3)40(67-49)32-63-37(6)57/h33-34,40,44-49H,9-32H2,1-8H3,(H,50,60)(H,51,61)(H,52,55)(H,53,56)/t33-,34-,40?,44?,45?,46-,47-,48-,49-/m0/s1. The van der Waals surface area contributed by atoms with Gasteiger partial charge in [-0.1, -0.05) is 46.5 Å². The van der Waals surface area contributed by atoms with Crippen LogP contribution in [0.25, 0.3) is 0 Å². The average molecular weight is 1020 g/mol. The molecule has 20 heteroatoms. The third-order valence-corrected chi connectivity index (χ3v) is 14.5. The zero-order valence-electron chi connectivity index (χ0n) is 42.7. The Morgan fingerprint density at radius 1 is 0.594 bits per heavy atom. The molecule has 2 saturated heterocycles. The minimum atomic E-state index is -0.653. The number of rotatable bonds is 34. The quantitative estimate of drug-likeness (QED) is 0.0351. The van der Waals surface area contributed by atoms with Crippen LogP contribution in [0.15, 0.2) is 0 Å². The van der Waals surface area contributed by atoms with Crippen molar-refractivity contribution >= 4 is 71.0 Å². The second-order valence-electron chi connectivity index (χ2n) is 18.3. The van der Waals surface area contributed by atoms with Gasteiger partial charge in [0.25, 0.3) is 0 Å². The Hall–Kier alpha value is -3.62. The molecule has 18 nitrogen and oxygen atoms in total. The van der Waals surface area contributed by atoms with Gasteiger partial charge in [-0.15, -0.1) is 23.5 Å². The molecule has 2 fully saturated rings. The second-order valence-corrected chi connectivity index (χ2v) is 20.7. The Balaban J connectivity index is 1.58. The van der Waals surface area contributed by atoms with Gasteiger partial charge in [0.15, 0.2) is 0 Å². The third kappa shape index (κ3) is 26.4. The third-order valence-electron chi connectivity index (χ3n) is 11.9. The van der Waals surface area contributed by atoms with Gasteiger partial charge in [0.05, 0.1) is 12.7 Å². The van der Waals surface area contributed by atoms with Crippen molar-refractivity contribution in [2.75, 3.05) is 50.9 Å². The summed E-state index contributed by atoms with van der Waals surface area (Å²) in [7, 11) is 0. The highest BCUT2D eigenvalue weighted by molar-refractivity contribution is 8.00. The van der Waals surface area contributed by atoms with Gasteiger partial charge in [-0.05, 0) is 69.3 Å². The number of unbranched alkanes of at least 4 members (excludes halogenated alkanes) is 8. The lowest BCUT2D eigenvalue weighted by Crippen LogP contribution is -2.61. The summed E-state index contributed by atoms with van der Waals surface area (Å²) in [6.07, 6.45) is 10.6. The summed E-state index contributed by atoms with van der Waals surface area (Å²) in [6.45, 7) is 15.6. The molecule has 0 radical (unpaired) electrons. The van der Waals surface area contributed by atoms with Crippen LogP contribution in [0.2, 0.25) is 0 Å². The second kappa shape index (κ2) is 35.5. The van der Waals surface area contributed by atoms with E-state index in [2.05, 4.69) is 21.3 Å². The Labute approximate surface area is 419 Å². The fraction of sp³-hybridized carbons (Fsp3) is 0.837. The number of nitrogens with one attached hydrogen (secondary N) is 4. The molecule has 2 rings (SSSR count). The van der Waals surface area contributed by atoms with Crippen molar-refractivity contribution in [2.24, 2.45) is 11.8 Å². The maximum absolute atomic E-state index is 12.9. The van der Waals surface area contributed by atoms with Crippen LogP contribution in [0.3, 0.4) is 0 Å². The van der Waals surface area contributed by atoms with E-state index < -0.39 is 47.8 Å². The van der Waals surface area contributed by atoms with Gasteiger partial charge in [-0.2, -0.15) is 0 Å². The molecule has 0 aliphatic carbocycles. The predicted molar refractivity (Wildman–Crippen MR) is 267 cm³/mol. The van der Waals surface area contributed by atoms with E-state index in [0.29, 0.717) is 57.8 Å². The molecule has 0 aromatic rings. The summed E-state index contributed by atoms with van der Waals surface area (Å²) in [6, 6.07) is -0.991. The number of carbonyl (C=O) groups is 8. The van der Waals surface area contributed by atoms with E-state index in [-0.39, 0.29) is 59.4 Å². The summed E-state index contributed by atoms with van der Waals surface area (Å²) in [5, 5.41) is 11.8. The number of hydrogen-bond donors (Lipinski definition) is 4. The summed E-state index contributed by atoms with van der Waals surface area (Å²) in [4.78, 5) is 98.9. The first-order valence-corrected chi connectivity index (χ1v) is 27.4. The normalized spacial score (nSPS) is 23.2. The topological polar surface area (TPSA) is 234 Å². The lowest BCUT2D eigenvalue weighted by molar-refractivity contribution is -0.180. The van der Waals surface area contributed by atoms with Crippen LogP contribution in [-0.2, 0) is 62.0 Å². The fourth-order valence-corrected chi connectivity index (χ4v) is 10.8. The molecular weight excluding hydrogens is 931 g/mol. The zero-order valence-corrected chi connectivity index (χ0v) is 44.4. The van der Waals surface area contributed by atoms with E-state index in [1.165, 1.54) is 46.4 Å². The number of thioether (sulfide) groups is 2. The molecule has 5 amide bonds. The van der Waals surface area contributed by atoms with Gasteiger partial charge in [-0.3, -0.25) is 38.4 Å². The number of hydrogen-bond acceptors (Lipinski definition) is 15. The van der Waals surface area contributed by atoms with E-state index in [9.17, 15) is 38.4 Å². The number of nitrogens with zero attached hydrogens (tertiary/aromatic N) is 1. The molecule has 2 heterocycles. The van der Waals surface area contributed by atoms with Gasteiger partial charge < -0.3 is 49.9 Å². The molecule has 0 saturated carbocycles. The molecule has 69 heavy (non-hydrogen) atoms. The van der Waals surface area contributed by atoms with E-state index >= 15 is 0 Å². The van der Waals surface area contributed by atoms with Crippen molar-refractivity contribution in [1.82, 2.24) is 26.2 Å². The summed E-state index contributed by atoms with van der Waals surface area (Å²) in [5.41, 5.74) is -0.825. The van der Waals surface area contributed by atoms with Crippen LogP contribution < -0.4 is 21.3 Å². The predicted octanol–water partition coefficient (Wildman–Crippen LogP) is 5.56. The van der Waals surface area contributed by atoms with Crippen LogP contribution in [-0.4, -0.2) is 145 Å². The lowest BCUT2D eigenvalue weighted by Gasteiger charge is -2.44. The number of carbonyl (C=O) groups excluding carboxylic acids is 8. The van der Waals surface area contributed by atoms with E-state index in [1.807, 2.05) is 25.7 Å². The largest absolute Gasteiger partial charge is 0.463 e. The van der Waals surface area contributed by atoms with E-state index in [0.717, 1.165) is 89.2 Å². The molecule has 3 unspecified atom stereocenters. The van der Waals surface area contributed by atoms with Gasteiger partial charge in [0, 0.05) is 91.9 Å². The number of ether oxygens (including phenoxy) is 5. The lowest BCUT2D eigenvalue weighted by atomic mass is 9.89. The minimum Gasteiger partial charge on any atom is -0.463 e. The average Bonchev–Trinajstić information content (AvgIpc) is 3.27. The Kier molecular flexibility index (Phi) is 31.6. The SMILES string of the molecule is CCCC(=O)N(CCCCCC(=O)NCCCCCS[C@@H]1OC[C@H](C)[C@H](OC(C)=O)C1NC(C)=O)CCCCCC(=O)NCCCCCS[C@@H]1OC(COC(C)=O)[C@H](C)[C@H](OC(C)=O)C1NC(C)=O. The van der Waals surface area contributed by atoms with Crippen molar-refractivity contribution in [3.8, 4) is 0 Å². The first kappa shape index (κ1) is 61.5. The Morgan fingerprint density at radius 3 is 1.58 bits per heavy atom. The van der Waals surface area contributed by atoms with Crippen molar-refractivity contribution in [3.05, 3.63) is 0 Å². The number of esters is 3. The first-order chi connectivity index (χ1) is 32.9. The fourth-order valence-electron chi connectivity index (χ4n) is 8.34. The van der Waals surface area contributed by atoms with Crippen LogP contribution in [0.4, 0.5) is 0 Å². The smallest absolute Gasteiger partial charge is 0.302 e. The van der Waals surface area contributed by atoms with Gasteiger partial charge in [0.2, 0.25) is 29.5 Å².